The Hall–Kier alpha value is -6.19. The molecule has 0 aliphatic carbocycles. The Labute approximate surface area is 276 Å². The summed E-state index contributed by atoms with van der Waals surface area (Å²) in [5.41, 5.74) is 0.275. The van der Waals surface area contributed by atoms with Crippen LogP contribution in [0, 0.1) is 0 Å². The number of carboxylic acids is 2. The van der Waals surface area contributed by atoms with Crippen LogP contribution in [0.3, 0.4) is 0 Å². The summed E-state index contributed by atoms with van der Waals surface area (Å²) < 4.78 is 34.3. The van der Waals surface area contributed by atoms with Crippen molar-refractivity contribution in [2.75, 3.05) is 13.7 Å². The van der Waals surface area contributed by atoms with Crippen LogP contribution in [0.1, 0.15) is 59.4 Å². The van der Waals surface area contributed by atoms with Crippen molar-refractivity contribution in [1.29, 1.82) is 0 Å². The molecule has 0 bridgehead atoms. The highest BCUT2D eigenvalue weighted by Gasteiger charge is 2.44. The molecule has 5 N–H and O–H groups in total. The molecule has 0 saturated carbocycles. The lowest BCUT2D eigenvalue weighted by Crippen LogP contribution is -2.40. The third-order valence-electron chi connectivity index (χ3n) is 7.55. The average molecular weight is 683 g/mol. The van der Waals surface area contributed by atoms with Crippen LogP contribution >= 0.6 is 0 Å². The van der Waals surface area contributed by atoms with Gasteiger partial charge in [0.1, 0.15) is 29.4 Å². The summed E-state index contributed by atoms with van der Waals surface area (Å²) in [5, 5.41) is 48.4. The van der Waals surface area contributed by atoms with Gasteiger partial charge in [-0.25, -0.2) is 0 Å². The molecule has 0 aromatic heterocycles. The summed E-state index contributed by atoms with van der Waals surface area (Å²) in [6.07, 6.45) is -6.97. The lowest BCUT2D eigenvalue weighted by Gasteiger charge is -2.36. The SMILES string of the molecule is COc1cc([C@@H]2Oc3cc([C@@H]4Oc5cc(O)cc(O)c5C(=O)[C@H]4OC(=O)CCC(=O)O)ccc3O[C@H]2COC(=O)CCC(=O)O)ccc1O. The minimum absolute atomic E-state index is 0.0968. The number of phenols is 3. The van der Waals surface area contributed by atoms with Crippen molar-refractivity contribution in [1.82, 2.24) is 0 Å². The predicted molar refractivity (Wildman–Crippen MR) is 161 cm³/mol. The largest absolute Gasteiger partial charge is 0.508 e. The Kier molecular flexibility index (Phi) is 9.96. The standard InChI is InChI=1S/C33H30O16/c1-44-21-10-15(2-4-18(21)35)31-24(14-45-27(41)8-6-25(37)38)46-20-5-3-16(11-22(20)47-31)32-33(49-28(42)9-7-26(39)40)30(43)29-19(36)12-17(34)13-23(29)48-32/h2-5,10-13,24,31-36H,6-9,14H2,1H3,(H,37,38)(H,39,40)/t24-,31-,32-,33+/m0/s1. The summed E-state index contributed by atoms with van der Waals surface area (Å²) in [7, 11) is 1.34. The smallest absolute Gasteiger partial charge is 0.307 e. The number of fused-ring (bicyclic) bond motifs is 2. The van der Waals surface area contributed by atoms with Crippen molar-refractivity contribution in [2.45, 2.75) is 50.1 Å². The quantitative estimate of drug-likeness (QED) is 0.172. The number of Topliss-reactive ketones (excluding diaryl/α,β-unsaturated/α-hetero) is 1. The highest BCUT2D eigenvalue weighted by molar-refractivity contribution is 6.06. The predicted octanol–water partition coefficient (Wildman–Crippen LogP) is 3.19. The number of hydrogen-bond donors (Lipinski definition) is 5. The number of carbonyl (C=O) groups excluding carboxylic acids is 3. The van der Waals surface area contributed by atoms with Gasteiger partial charge in [0.05, 0.1) is 32.8 Å². The van der Waals surface area contributed by atoms with Crippen LogP contribution in [0.2, 0.25) is 0 Å². The molecule has 0 radical (unpaired) electrons. The molecular weight excluding hydrogens is 652 g/mol. The molecule has 2 aliphatic rings. The van der Waals surface area contributed by atoms with Crippen molar-refractivity contribution in [3.05, 3.63) is 65.2 Å². The van der Waals surface area contributed by atoms with Crippen molar-refractivity contribution >= 4 is 29.7 Å². The van der Waals surface area contributed by atoms with E-state index in [2.05, 4.69) is 0 Å². The Morgan fingerprint density at radius 2 is 1.37 bits per heavy atom. The zero-order chi connectivity index (χ0) is 35.4. The fourth-order valence-corrected chi connectivity index (χ4v) is 5.23. The number of hydrogen-bond acceptors (Lipinski definition) is 14. The zero-order valence-electron chi connectivity index (χ0n) is 25.7. The van der Waals surface area contributed by atoms with Crippen LogP contribution in [0.5, 0.6) is 40.2 Å². The van der Waals surface area contributed by atoms with Gasteiger partial charge in [-0.3, -0.25) is 24.0 Å². The molecule has 16 nitrogen and oxygen atoms in total. The van der Waals surface area contributed by atoms with E-state index in [1.807, 2.05) is 0 Å². The molecule has 2 aliphatic heterocycles. The van der Waals surface area contributed by atoms with Gasteiger partial charge >= 0.3 is 23.9 Å². The molecule has 2 heterocycles. The Morgan fingerprint density at radius 3 is 2.06 bits per heavy atom. The average Bonchev–Trinajstić information content (AvgIpc) is 3.05. The van der Waals surface area contributed by atoms with Crippen LogP contribution in [0.25, 0.3) is 0 Å². The molecule has 0 fully saturated rings. The van der Waals surface area contributed by atoms with Crippen molar-refractivity contribution in [3.63, 3.8) is 0 Å². The molecule has 3 aromatic rings. The first kappa shape index (κ1) is 34.2. The van der Waals surface area contributed by atoms with Gasteiger partial charge in [0.2, 0.25) is 11.9 Å². The third-order valence-corrected chi connectivity index (χ3v) is 7.55. The fourth-order valence-electron chi connectivity index (χ4n) is 5.23. The maximum Gasteiger partial charge on any atom is 0.307 e. The third kappa shape index (κ3) is 7.69. The lowest BCUT2D eigenvalue weighted by molar-refractivity contribution is -0.154. The zero-order valence-corrected chi connectivity index (χ0v) is 25.7. The van der Waals surface area contributed by atoms with Gasteiger partial charge in [0.15, 0.2) is 41.3 Å². The number of rotatable bonds is 12. The fraction of sp³-hybridized carbons (Fsp3) is 0.303. The molecule has 0 amide bonds. The molecule has 258 valence electrons. The van der Waals surface area contributed by atoms with Gasteiger partial charge in [-0.2, -0.15) is 0 Å². The summed E-state index contributed by atoms with van der Waals surface area (Å²) in [6, 6.07) is 10.7. The summed E-state index contributed by atoms with van der Waals surface area (Å²) in [4.78, 5) is 60.3. The normalized spacial score (nSPS) is 19.2. The monoisotopic (exact) mass is 682 g/mol. The number of carbonyl (C=O) groups is 5. The Bertz CT molecular complexity index is 1800. The number of aliphatic carboxylic acids is 2. The van der Waals surface area contributed by atoms with Crippen molar-refractivity contribution in [3.8, 4) is 40.2 Å². The second-order valence-electron chi connectivity index (χ2n) is 11.0. The van der Waals surface area contributed by atoms with E-state index in [0.717, 1.165) is 12.1 Å². The highest BCUT2D eigenvalue weighted by Crippen LogP contribution is 2.46. The van der Waals surface area contributed by atoms with E-state index in [1.54, 1.807) is 0 Å². The molecule has 0 spiro atoms. The Balaban J connectivity index is 1.49. The first-order valence-electron chi connectivity index (χ1n) is 14.7. The van der Waals surface area contributed by atoms with Gasteiger partial charge < -0.3 is 54.0 Å². The number of carboxylic acid groups (broad SMARTS) is 2. The van der Waals surface area contributed by atoms with Gasteiger partial charge in [0, 0.05) is 23.3 Å². The first-order valence-corrected chi connectivity index (χ1v) is 14.7. The maximum absolute atomic E-state index is 13.6. The topological polar surface area (TPSA) is 242 Å². The Morgan fingerprint density at radius 1 is 0.714 bits per heavy atom. The minimum Gasteiger partial charge on any atom is -0.508 e. The molecule has 0 unspecified atom stereocenters. The van der Waals surface area contributed by atoms with Crippen LogP contribution in [-0.4, -0.2) is 81.1 Å². The van der Waals surface area contributed by atoms with Gasteiger partial charge in [-0.05, 0) is 24.3 Å². The summed E-state index contributed by atoms with van der Waals surface area (Å²) in [5.74, 6) is -6.18. The van der Waals surface area contributed by atoms with Gasteiger partial charge in [-0.1, -0.05) is 12.1 Å². The number of ketones is 1. The number of phenolic OH excluding ortho intramolecular Hbond substituents is 3. The maximum atomic E-state index is 13.6. The highest BCUT2D eigenvalue weighted by atomic mass is 16.6. The van der Waals surface area contributed by atoms with E-state index < -0.39 is 84.8 Å². The van der Waals surface area contributed by atoms with E-state index >= 15 is 0 Å². The second kappa shape index (κ2) is 14.3. The van der Waals surface area contributed by atoms with Crippen LogP contribution in [0.15, 0.2) is 48.5 Å². The summed E-state index contributed by atoms with van der Waals surface area (Å²) >= 11 is 0. The molecule has 16 heteroatoms. The van der Waals surface area contributed by atoms with Crippen LogP contribution in [0.4, 0.5) is 0 Å². The van der Waals surface area contributed by atoms with Gasteiger partial charge in [-0.15, -0.1) is 0 Å². The molecule has 4 atom stereocenters. The number of methoxy groups -OCH3 is 1. The van der Waals surface area contributed by atoms with E-state index in [9.17, 15) is 39.3 Å². The molecule has 0 saturated heterocycles. The minimum atomic E-state index is -1.69. The first-order chi connectivity index (χ1) is 23.3. The lowest BCUT2D eigenvalue weighted by atomic mass is 9.92. The molecule has 49 heavy (non-hydrogen) atoms. The van der Waals surface area contributed by atoms with Crippen LogP contribution < -0.4 is 18.9 Å². The summed E-state index contributed by atoms with van der Waals surface area (Å²) in [6.45, 7) is -0.355. The molecule has 3 aromatic carbocycles. The molecule has 5 rings (SSSR count). The number of ether oxygens (including phenoxy) is 6. The van der Waals surface area contributed by atoms with E-state index in [-0.39, 0.29) is 52.9 Å². The second-order valence-corrected chi connectivity index (χ2v) is 11.0. The van der Waals surface area contributed by atoms with E-state index in [0.29, 0.717) is 5.56 Å². The van der Waals surface area contributed by atoms with Crippen molar-refractivity contribution < 1.29 is 77.9 Å². The number of esters is 2. The van der Waals surface area contributed by atoms with E-state index in [4.69, 9.17) is 38.6 Å². The van der Waals surface area contributed by atoms with Crippen molar-refractivity contribution in [2.24, 2.45) is 0 Å². The molecular formula is C33H30O16. The van der Waals surface area contributed by atoms with Gasteiger partial charge in [0.25, 0.3) is 0 Å². The van der Waals surface area contributed by atoms with E-state index in [1.165, 1.54) is 43.5 Å². The van der Waals surface area contributed by atoms with Crippen LogP contribution in [-0.2, 0) is 28.7 Å². The number of aromatic hydroxyl groups is 3. The number of benzene rings is 3.